The number of ether oxygens (including phenoxy) is 1. The lowest BCUT2D eigenvalue weighted by molar-refractivity contribution is 0.0658. The Labute approximate surface area is 157 Å². The molecule has 1 aliphatic heterocycles. The van der Waals surface area contributed by atoms with E-state index < -0.39 is 0 Å². The normalized spacial score (nSPS) is 15.0. The topological polar surface area (TPSA) is 70.6 Å². The Morgan fingerprint density at radius 2 is 1.92 bits per heavy atom. The first kappa shape index (κ1) is 18.4. The number of rotatable bonds is 4. The van der Waals surface area contributed by atoms with Crippen LogP contribution in [0.4, 0.5) is 11.6 Å². The van der Waals surface area contributed by atoms with Gasteiger partial charge >= 0.3 is 0 Å². The molecular weight excluding hydrogens is 354 g/mol. The molecule has 1 N–H and O–H groups in total. The highest BCUT2D eigenvalue weighted by atomic mass is 35.5. The maximum atomic E-state index is 12.8. The molecule has 138 valence electrons. The summed E-state index contributed by atoms with van der Waals surface area (Å²) in [6.07, 6.45) is 0. The van der Waals surface area contributed by atoms with Gasteiger partial charge in [0.1, 0.15) is 11.4 Å². The third-order valence-electron chi connectivity index (χ3n) is 4.27. The van der Waals surface area contributed by atoms with Gasteiger partial charge in [-0.15, -0.1) is 0 Å². The van der Waals surface area contributed by atoms with Crippen LogP contribution >= 0.6 is 11.6 Å². The summed E-state index contributed by atoms with van der Waals surface area (Å²) in [5.41, 5.74) is 1.73. The molecule has 2 heterocycles. The standard InChI is InChI=1S/C18H22ClN5O2/c1-12-10-15(17(25)24-8-6-23(2)7-9-24)22-18(20-12)21-14-11-13(19)4-5-16(14)26-3/h4-5,10-11H,6-9H2,1-3H3,(H,20,21,22). The Bertz CT molecular complexity index is 806. The summed E-state index contributed by atoms with van der Waals surface area (Å²) in [5.74, 6) is 0.874. The molecule has 0 bridgehead atoms. The van der Waals surface area contributed by atoms with E-state index in [0.29, 0.717) is 46.9 Å². The fraction of sp³-hybridized carbons (Fsp3) is 0.389. The molecule has 0 aliphatic carbocycles. The first-order chi connectivity index (χ1) is 12.5. The van der Waals surface area contributed by atoms with Gasteiger partial charge in [-0.25, -0.2) is 9.97 Å². The maximum Gasteiger partial charge on any atom is 0.272 e. The van der Waals surface area contributed by atoms with E-state index in [2.05, 4.69) is 27.2 Å². The number of likely N-dealkylation sites (N-methyl/N-ethyl adjacent to an activating group) is 1. The molecule has 1 aromatic heterocycles. The first-order valence-electron chi connectivity index (χ1n) is 8.40. The molecule has 1 fully saturated rings. The number of benzene rings is 1. The predicted octanol–water partition coefficient (Wildman–Crippen LogP) is 2.58. The van der Waals surface area contributed by atoms with Crippen LogP contribution in [0.1, 0.15) is 16.2 Å². The van der Waals surface area contributed by atoms with Crippen molar-refractivity contribution in [2.45, 2.75) is 6.92 Å². The average Bonchev–Trinajstić information content (AvgIpc) is 2.61. The van der Waals surface area contributed by atoms with Gasteiger partial charge in [-0.3, -0.25) is 4.79 Å². The van der Waals surface area contributed by atoms with Crippen LogP contribution in [0.2, 0.25) is 5.02 Å². The van der Waals surface area contributed by atoms with Crippen LogP contribution in [0, 0.1) is 6.92 Å². The van der Waals surface area contributed by atoms with Crippen LogP contribution in [-0.4, -0.2) is 66.0 Å². The maximum absolute atomic E-state index is 12.8. The zero-order valence-electron chi connectivity index (χ0n) is 15.1. The second-order valence-corrected chi connectivity index (χ2v) is 6.72. The van der Waals surface area contributed by atoms with Crippen molar-refractivity contribution >= 4 is 29.1 Å². The highest BCUT2D eigenvalue weighted by Crippen LogP contribution is 2.29. The minimum atomic E-state index is -0.0790. The molecule has 7 nitrogen and oxygen atoms in total. The van der Waals surface area contributed by atoms with E-state index >= 15 is 0 Å². The van der Waals surface area contributed by atoms with Gasteiger partial charge in [0.25, 0.3) is 5.91 Å². The van der Waals surface area contributed by atoms with Crippen LogP contribution in [0.5, 0.6) is 5.75 Å². The first-order valence-corrected chi connectivity index (χ1v) is 8.78. The van der Waals surface area contributed by atoms with Crippen molar-refractivity contribution in [2.24, 2.45) is 0 Å². The van der Waals surface area contributed by atoms with Crippen LogP contribution in [0.15, 0.2) is 24.3 Å². The van der Waals surface area contributed by atoms with Crippen molar-refractivity contribution < 1.29 is 9.53 Å². The van der Waals surface area contributed by atoms with Crippen molar-refractivity contribution in [3.8, 4) is 5.75 Å². The smallest absolute Gasteiger partial charge is 0.272 e. The summed E-state index contributed by atoms with van der Waals surface area (Å²) in [6.45, 7) is 4.95. The molecule has 0 unspecified atom stereocenters. The molecule has 0 saturated carbocycles. The average molecular weight is 376 g/mol. The number of hydrogen-bond acceptors (Lipinski definition) is 6. The predicted molar refractivity (Wildman–Crippen MR) is 101 cm³/mol. The number of carbonyl (C=O) groups excluding carboxylic acids is 1. The summed E-state index contributed by atoms with van der Waals surface area (Å²) in [7, 11) is 3.63. The molecule has 1 aliphatic rings. The Kier molecular flexibility index (Phi) is 5.58. The summed E-state index contributed by atoms with van der Waals surface area (Å²) in [4.78, 5) is 25.6. The number of piperazine rings is 1. The van der Waals surface area contributed by atoms with Gasteiger partial charge in [0.15, 0.2) is 0 Å². The van der Waals surface area contributed by atoms with E-state index in [1.165, 1.54) is 0 Å². The van der Waals surface area contributed by atoms with Crippen LogP contribution < -0.4 is 10.1 Å². The molecule has 1 amide bonds. The summed E-state index contributed by atoms with van der Waals surface area (Å²) >= 11 is 6.07. The minimum Gasteiger partial charge on any atom is -0.495 e. The Morgan fingerprint density at radius 3 is 2.62 bits per heavy atom. The molecule has 0 atom stereocenters. The number of methoxy groups -OCH3 is 1. The van der Waals surface area contributed by atoms with Crippen LogP contribution in [0.25, 0.3) is 0 Å². The third-order valence-corrected chi connectivity index (χ3v) is 4.51. The number of nitrogens with one attached hydrogen (secondary N) is 1. The molecular formula is C18H22ClN5O2. The van der Waals surface area contributed by atoms with Crippen LogP contribution in [0.3, 0.4) is 0 Å². The SMILES string of the molecule is COc1ccc(Cl)cc1Nc1nc(C)cc(C(=O)N2CCN(C)CC2)n1. The number of aromatic nitrogens is 2. The van der Waals surface area contributed by atoms with Crippen molar-refractivity contribution in [1.82, 2.24) is 19.8 Å². The number of amides is 1. The van der Waals surface area contributed by atoms with Gasteiger partial charge in [0, 0.05) is 36.9 Å². The zero-order valence-corrected chi connectivity index (χ0v) is 15.9. The largest absolute Gasteiger partial charge is 0.495 e. The monoisotopic (exact) mass is 375 g/mol. The fourth-order valence-electron chi connectivity index (χ4n) is 2.80. The number of aryl methyl sites for hydroxylation is 1. The van der Waals surface area contributed by atoms with Gasteiger partial charge in [0.05, 0.1) is 12.8 Å². The minimum absolute atomic E-state index is 0.0790. The summed E-state index contributed by atoms with van der Waals surface area (Å²) in [5, 5.41) is 3.66. The third kappa shape index (κ3) is 4.23. The molecule has 8 heteroatoms. The van der Waals surface area contributed by atoms with E-state index in [1.54, 1.807) is 31.4 Å². The molecule has 1 saturated heterocycles. The van der Waals surface area contributed by atoms with E-state index in [1.807, 2.05) is 11.8 Å². The van der Waals surface area contributed by atoms with Crippen molar-refractivity contribution in [2.75, 3.05) is 45.7 Å². The van der Waals surface area contributed by atoms with Crippen LogP contribution in [-0.2, 0) is 0 Å². The van der Waals surface area contributed by atoms with E-state index in [-0.39, 0.29) is 5.91 Å². The van der Waals surface area contributed by atoms with E-state index in [0.717, 1.165) is 13.1 Å². The lowest BCUT2D eigenvalue weighted by atomic mass is 10.2. The van der Waals surface area contributed by atoms with Crippen molar-refractivity contribution in [3.05, 3.63) is 40.7 Å². The Balaban J connectivity index is 1.84. The second-order valence-electron chi connectivity index (χ2n) is 6.28. The van der Waals surface area contributed by atoms with E-state index in [9.17, 15) is 4.79 Å². The number of carbonyl (C=O) groups is 1. The van der Waals surface area contributed by atoms with Gasteiger partial charge in [0.2, 0.25) is 5.95 Å². The lowest BCUT2D eigenvalue weighted by Crippen LogP contribution is -2.47. The molecule has 2 aromatic rings. The molecule has 3 rings (SSSR count). The molecule has 0 radical (unpaired) electrons. The Hall–Kier alpha value is -2.38. The number of hydrogen-bond donors (Lipinski definition) is 1. The Morgan fingerprint density at radius 1 is 1.19 bits per heavy atom. The van der Waals surface area contributed by atoms with Gasteiger partial charge < -0.3 is 19.9 Å². The number of anilines is 2. The molecule has 0 spiro atoms. The molecule has 1 aromatic carbocycles. The quantitative estimate of drug-likeness (QED) is 0.885. The van der Waals surface area contributed by atoms with Gasteiger partial charge in [-0.1, -0.05) is 11.6 Å². The van der Waals surface area contributed by atoms with Gasteiger partial charge in [-0.05, 0) is 38.2 Å². The summed E-state index contributed by atoms with van der Waals surface area (Å²) < 4.78 is 5.33. The van der Waals surface area contributed by atoms with Gasteiger partial charge in [-0.2, -0.15) is 0 Å². The van der Waals surface area contributed by atoms with E-state index in [4.69, 9.17) is 16.3 Å². The highest BCUT2D eigenvalue weighted by Gasteiger charge is 2.22. The molecule has 26 heavy (non-hydrogen) atoms. The second kappa shape index (κ2) is 7.88. The fourth-order valence-corrected chi connectivity index (χ4v) is 2.98. The van der Waals surface area contributed by atoms with Crippen molar-refractivity contribution in [1.29, 1.82) is 0 Å². The highest BCUT2D eigenvalue weighted by molar-refractivity contribution is 6.31. The number of halogens is 1. The summed E-state index contributed by atoms with van der Waals surface area (Å²) in [6, 6.07) is 6.94. The zero-order chi connectivity index (χ0) is 18.7. The number of nitrogens with zero attached hydrogens (tertiary/aromatic N) is 4. The van der Waals surface area contributed by atoms with Crippen molar-refractivity contribution in [3.63, 3.8) is 0 Å². The lowest BCUT2D eigenvalue weighted by Gasteiger charge is -2.32.